The summed E-state index contributed by atoms with van der Waals surface area (Å²) in [6.07, 6.45) is -9.28. The second kappa shape index (κ2) is 51.0. The van der Waals surface area contributed by atoms with Crippen LogP contribution in [0.25, 0.3) is 10.9 Å². The Hall–Kier alpha value is -14.4. The molecule has 18 atom stereocenters. The minimum atomic E-state index is -2.28. The number of aliphatic carboxylic acids is 2. The van der Waals surface area contributed by atoms with Crippen LogP contribution in [-0.2, 0) is 125 Å². The summed E-state index contributed by atoms with van der Waals surface area (Å²) in [4.78, 5) is 301. The molecule has 18 unspecified atom stereocenters. The van der Waals surface area contributed by atoms with Gasteiger partial charge in [0.2, 0.25) is 94.5 Å². The third kappa shape index (κ3) is 31.3. The molecule has 0 saturated carbocycles. The maximum atomic E-state index is 16.1. The van der Waals surface area contributed by atoms with E-state index in [1.807, 2.05) is 0 Å². The van der Waals surface area contributed by atoms with Gasteiger partial charge in [0, 0.05) is 75.4 Å². The highest BCUT2D eigenvalue weighted by Crippen LogP contribution is 2.27. The Labute approximate surface area is 793 Å². The van der Waals surface area contributed by atoms with Crippen LogP contribution in [0.1, 0.15) is 161 Å². The monoisotopic (exact) mass is 1930 g/mol. The number of H-pyrrole nitrogens is 1. The number of carbonyl (C=O) groups excluding carboxylic acids is 18. The molecule has 4 aromatic rings. The molecule has 9 rings (SSSR count). The minimum Gasteiger partial charge on any atom is -0.508 e. The molecule has 1 aromatic heterocycles. The number of phenols is 1. The highest BCUT2D eigenvalue weighted by Gasteiger charge is 2.47. The van der Waals surface area contributed by atoms with Crippen LogP contribution >= 0.6 is 0 Å². The maximum absolute atomic E-state index is 16.1. The number of aromatic nitrogens is 1. The van der Waals surface area contributed by atoms with E-state index in [9.17, 15) is 54.0 Å². The van der Waals surface area contributed by atoms with Gasteiger partial charge in [0.15, 0.2) is 5.96 Å². The molecule has 750 valence electrons. The van der Waals surface area contributed by atoms with Crippen LogP contribution in [0.2, 0.25) is 0 Å². The Balaban J connectivity index is 1.18. The van der Waals surface area contributed by atoms with Gasteiger partial charge in [-0.1, -0.05) is 88.4 Å². The number of hydrogen-bond donors (Lipinski definition) is 23. The molecular formula is C91H125N21O26. The first-order valence-electron chi connectivity index (χ1n) is 46.0. The number of aromatic amines is 1. The normalized spacial score (nSPS) is 24.2. The Morgan fingerprint density at radius 1 is 0.587 bits per heavy atom. The summed E-state index contributed by atoms with van der Waals surface area (Å²) < 4.78 is 11.7. The lowest BCUT2D eigenvalue weighted by molar-refractivity contribution is -0.154. The van der Waals surface area contributed by atoms with Crippen LogP contribution in [0.5, 0.6) is 5.75 Å². The van der Waals surface area contributed by atoms with Crippen LogP contribution in [-0.4, -0.2) is 301 Å². The minimum absolute atomic E-state index is 0.00269. The zero-order chi connectivity index (χ0) is 101. The third-order valence-corrected chi connectivity index (χ3v) is 24.2. The van der Waals surface area contributed by atoms with Gasteiger partial charge >= 0.3 is 23.9 Å². The topological polar surface area (TPSA) is 719 Å². The lowest BCUT2D eigenvalue weighted by Crippen LogP contribution is -2.63. The number of aliphatic hydroxyl groups excluding tert-OH is 1. The number of esters is 2. The zero-order valence-corrected chi connectivity index (χ0v) is 77.4. The first kappa shape index (κ1) is 107. The third-order valence-electron chi connectivity index (χ3n) is 24.2. The Morgan fingerprint density at radius 3 is 1.88 bits per heavy atom. The van der Waals surface area contributed by atoms with E-state index in [4.69, 9.17) is 26.4 Å². The highest BCUT2D eigenvalue weighted by molar-refractivity contribution is 6.03. The molecule has 25 N–H and O–H groups in total. The van der Waals surface area contributed by atoms with Gasteiger partial charge in [-0.2, -0.15) is 0 Å². The number of para-hydroxylation sites is 1. The number of hydrogen-bond acceptors (Lipinski definition) is 26. The standard InChI is InChI=1S/C91H125N21O26/c1-45(2)37-59-78(123)99-57-30-32-70(118)137-44-65-83(128)104-63(81(126)102-59)42-71(119)138-48(6)74(110-82(127)61(40-51-43-97-54-20-11-10-19-53(51)54)105-84(129)67-24-16-36-112(67)89(134)73(46(3)4)109-77(122)56(29-31-69(116)117)100-86(131)72(92)47(5)113)87(132)106-60(38-50-25-27-52(114)28-26-50)79(124)98-55(75(120)107-64(39-49-17-8-7-9-18-49)88(133)111-35-15-23-66(111)85(130)108-65)21-12-13-33-95-68(115)41-62(103-76(57)121)80(125)101-58(90(135)136)22-14-34-96-91(93)94/h7-11,17-20,25-28,43,45-48,55-67,72-74,97,113-114H,12-16,21-24,29-42,44,92H2,1-6H3,(H,95,115)(H,98,124)(H,99,123)(H,100,131)(H,101,125)(H,102,126)(H,103,121)(H,104,128)(H,105,129)(H,106,132)(H,107,120)(H,108,130)(H,109,122)(H,110,127)(H,116,117)(H,135,136)(H4,93,94,96). The number of guanidine groups is 1. The number of nitrogens with zero attached hydrogens (tertiary/aromatic N) is 2. The summed E-state index contributed by atoms with van der Waals surface area (Å²) in [5.74, 6) is -25.8. The van der Waals surface area contributed by atoms with Crippen LogP contribution in [0.4, 0.5) is 0 Å². The highest BCUT2D eigenvalue weighted by atomic mass is 16.5. The van der Waals surface area contributed by atoms with Crippen LogP contribution < -0.4 is 91.2 Å². The SMILES string of the molecule is CC(C)CC1NC(=O)C2CC(=O)OC(C)C(NC(=O)C(Cc3c[nH]c4ccccc34)NC(=O)C3CCCN3C(=O)C(NC(=O)C(CCC(=O)O)NC(=O)C(N)C(C)O)C(C)C)C(=O)NC(Cc3ccc(O)cc3)C(=O)NC3CCCCNC(=O)CC(C(=O)NC(CCCNC(=N)N)C(=O)O)NC(=O)C(CCC(=O)OCC(NC(=O)C4CCCN4C(=O)C(Cc4ccccc4)NC3=O)C(=O)N2)NC1=O. The summed E-state index contributed by atoms with van der Waals surface area (Å²) in [7, 11) is 0. The van der Waals surface area contributed by atoms with E-state index in [1.54, 1.807) is 82.3 Å². The summed E-state index contributed by atoms with van der Waals surface area (Å²) in [6, 6.07) is -8.59. The molecule has 5 aliphatic rings. The molecule has 5 fully saturated rings. The number of rotatable bonds is 29. The number of nitrogens with one attached hydrogen (secondary N) is 17. The number of carbonyl (C=O) groups is 20. The van der Waals surface area contributed by atoms with Crippen molar-refractivity contribution >= 4 is 135 Å². The number of likely N-dealkylation sites (tertiary alicyclic amines) is 1. The number of benzene rings is 3. The predicted molar refractivity (Wildman–Crippen MR) is 488 cm³/mol. The molecule has 0 aliphatic carbocycles. The summed E-state index contributed by atoms with van der Waals surface area (Å²) in [6.45, 7) is 6.88. The van der Waals surface area contributed by atoms with Gasteiger partial charge in [-0.25, -0.2) is 4.79 Å². The molecule has 0 spiro atoms. The maximum Gasteiger partial charge on any atom is 0.326 e. The van der Waals surface area contributed by atoms with Crippen molar-refractivity contribution in [1.82, 2.24) is 94.5 Å². The number of cyclic esters (lactones) is 1. The summed E-state index contributed by atoms with van der Waals surface area (Å²) >= 11 is 0. The van der Waals surface area contributed by atoms with Crippen molar-refractivity contribution in [1.29, 1.82) is 5.41 Å². The van der Waals surface area contributed by atoms with Gasteiger partial charge in [-0.05, 0) is 138 Å². The average Bonchev–Trinajstić information content (AvgIpc) is 1.67. The largest absolute Gasteiger partial charge is 0.508 e. The molecule has 47 nitrogen and oxygen atoms in total. The van der Waals surface area contributed by atoms with Crippen molar-refractivity contribution in [2.75, 3.05) is 32.8 Å². The van der Waals surface area contributed by atoms with Gasteiger partial charge in [0.1, 0.15) is 115 Å². The summed E-state index contributed by atoms with van der Waals surface area (Å²) in [5.41, 5.74) is 12.9. The van der Waals surface area contributed by atoms with Crippen molar-refractivity contribution in [2.45, 2.75) is 272 Å². The average molecular weight is 1930 g/mol. The van der Waals surface area contributed by atoms with E-state index in [1.165, 1.54) is 37.4 Å². The molecule has 4 bridgehead atoms. The zero-order valence-electron chi connectivity index (χ0n) is 77.4. The van der Waals surface area contributed by atoms with Crippen LogP contribution in [0, 0.1) is 17.2 Å². The fraction of sp³-hybridized carbons (Fsp3) is 0.549. The smallest absolute Gasteiger partial charge is 0.326 e. The van der Waals surface area contributed by atoms with Crippen LogP contribution in [0.3, 0.4) is 0 Å². The van der Waals surface area contributed by atoms with Gasteiger partial charge in [-0.15, -0.1) is 0 Å². The first-order valence-corrected chi connectivity index (χ1v) is 46.0. The fourth-order valence-electron chi connectivity index (χ4n) is 16.6. The molecule has 3 aromatic carbocycles. The number of fused-ring (bicyclic) bond motifs is 13. The molecule has 0 radical (unpaired) electrons. The number of aliphatic hydroxyl groups is 1. The van der Waals surface area contributed by atoms with E-state index in [2.05, 4.69) is 84.7 Å². The van der Waals surface area contributed by atoms with Gasteiger partial charge in [-0.3, -0.25) is 96.5 Å². The second-order valence-corrected chi connectivity index (χ2v) is 35.7. The molecule has 47 heteroatoms. The molecule has 16 amide bonds. The number of nitrogens with two attached hydrogens (primary N) is 2. The molecule has 6 heterocycles. The Bertz CT molecular complexity index is 5110. The van der Waals surface area contributed by atoms with E-state index in [0.29, 0.717) is 22.0 Å². The number of amides is 16. The second-order valence-electron chi connectivity index (χ2n) is 35.7. The van der Waals surface area contributed by atoms with E-state index < -0.39 is 303 Å². The molecule has 5 saturated heterocycles. The van der Waals surface area contributed by atoms with Crippen molar-refractivity contribution in [3.63, 3.8) is 0 Å². The number of carboxylic acids is 2. The molecule has 5 aliphatic heterocycles. The predicted octanol–water partition coefficient (Wildman–Crippen LogP) is -4.83. The first-order chi connectivity index (χ1) is 65.5. The number of ether oxygens (including phenoxy) is 2. The van der Waals surface area contributed by atoms with Crippen molar-refractivity contribution in [2.24, 2.45) is 23.3 Å². The quantitative estimate of drug-likeness (QED) is 0.0105. The number of carboxylic acid groups (broad SMARTS) is 2. The number of aromatic hydroxyl groups is 1. The Kier molecular flexibility index (Phi) is 39.6. The van der Waals surface area contributed by atoms with Crippen molar-refractivity contribution in [3.8, 4) is 5.75 Å². The fourth-order valence-corrected chi connectivity index (χ4v) is 16.6. The van der Waals surface area contributed by atoms with E-state index in [0.717, 1.165) is 16.7 Å². The molecule has 138 heavy (non-hydrogen) atoms. The lowest BCUT2D eigenvalue weighted by Gasteiger charge is -2.32. The van der Waals surface area contributed by atoms with Gasteiger partial charge in [0.25, 0.3) is 0 Å². The molecular weight excluding hydrogens is 1800 g/mol. The van der Waals surface area contributed by atoms with E-state index >= 15 is 62.3 Å². The van der Waals surface area contributed by atoms with Crippen molar-refractivity contribution in [3.05, 3.63) is 102 Å². The Morgan fingerprint density at radius 2 is 1.20 bits per heavy atom. The summed E-state index contributed by atoms with van der Waals surface area (Å²) in [5, 5.41) is 86.7. The van der Waals surface area contributed by atoms with E-state index in [-0.39, 0.29) is 108 Å². The van der Waals surface area contributed by atoms with Gasteiger partial charge < -0.3 is 136 Å². The van der Waals surface area contributed by atoms with Crippen LogP contribution in [0.15, 0.2) is 85.1 Å². The number of phenolic OH excluding ortho intramolecular Hbond substituents is 1. The lowest BCUT2D eigenvalue weighted by atomic mass is 10.00. The van der Waals surface area contributed by atoms with Crippen molar-refractivity contribution < 1.29 is 126 Å². The van der Waals surface area contributed by atoms with Gasteiger partial charge in [0.05, 0.1) is 18.9 Å².